The quantitative estimate of drug-likeness (QED) is 0.812. The second-order valence-corrected chi connectivity index (χ2v) is 7.81. The van der Waals surface area contributed by atoms with Crippen molar-refractivity contribution in [2.45, 2.75) is 39.0 Å². The molecule has 1 amide bonds. The first-order chi connectivity index (χ1) is 13.0. The van der Waals surface area contributed by atoms with Crippen LogP contribution in [0.1, 0.15) is 33.1 Å². The van der Waals surface area contributed by atoms with E-state index in [1.54, 1.807) is 5.38 Å². The van der Waals surface area contributed by atoms with Gasteiger partial charge in [-0.05, 0) is 20.3 Å². The molecular weight excluding hydrogens is 370 g/mol. The summed E-state index contributed by atoms with van der Waals surface area (Å²) < 4.78 is 16.3. The number of aliphatic hydroxyl groups excluding tert-OH is 1. The number of aryl methyl sites for hydroxylation is 2. The lowest BCUT2D eigenvalue weighted by molar-refractivity contribution is 0.0347. The number of aromatic nitrogens is 1. The van der Waals surface area contributed by atoms with E-state index in [4.69, 9.17) is 14.0 Å². The minimum Gasteiger partial charge on any atom is -0.485 e. The summed E-state index contributed by atoms with van der Waals surface area (Å²) in [5, 5.41) is 19.3. The van der Waals surface area contributed by atoms with Crippen molar-refractivity contribution in [1.82, 2.24) is 15.4 Å². The number of amides is 1. The van der Waals surface area contributed by atoms with Crippen LogP contribution in [0.2, 0.25) is 0 Å². The van der Waals surface area contributed by atoms with E-state index < -0.39 is 6.10 Å². The molecule has 8 nitrogen and oxygen atoms in total. The minimum absolute atomic E-state index is 0.227. The average molecular weight is 393 g/mol. The third-order valence-electron chi connectivity index (χ3n) is 5.05. The first-order valence-corrected chi connectivity index (χ1v) is 9.91. The van der Waals surface area contributed by atoms with Crippen LogP contribution < -0.4 is 14.8 Å². The number of piperidine rings is 1. The number of nitrogens with zero attached hydrogens (tertiary/aromatic N) is 2. The Labute approximate surface area is 161 Å². The number of β-amino-alcohol motifs (C(OH)–C–C–N with tert-alkyl or cyclic N) is 1. The Hall–Kier alpha value is -2.10. The molecule has 0 unspecified atom stereocenters. The fraction of sp³-hybridized carbons (Fsp3) is 0.556. The molecule has 1 fully saturated rings. The normalized spacial score (nSPS) is 22.6. The van der Waals surface area contributed by atoms with Gasteiger partial charge in [0, 0.05) is 30.6 Å². The van der Waals surface area contributed by atoms with Crippen molar-refractivity contribution in [2.75, 3.05) is 26.3 Å². The largest absolute Gasteiger partial charge is 0.485 e. The maximum absolute atomic E-state index is 12.6. The third-order valence-corrected chi connectivity index (χ3v) is 5.99. The number of aliphatic hydroxyl groups is 1. The number of hydrogen-bond donors (Lipinski definition) is 2. The third kappa shape index (κ3) is 3.67. The molecule has 27 heavy (non-hydrogen) atoms. The smallest absolute Gasteiger partial charge is 0.265 e. The Balaban J connectivity index is 1.36. The highest BCUT2D eigenvalue weighted by Crippen LogP contribution is 2.39. The Morgan fingerprint density at radius 2 is 2.22 bits per heavy atom. The van der Waals surface area contributed by atoms with Crippen LogP contribution in [0.15, 0.2) is 9.90 Å². The van der Waals surface area contributed by atoms with E-state index in [0.29, 0.717) is 49.1 Å². The first-order valence-electron chi connectivity index (χ1n) is 9.03. The van der Waals surface area contributed by atoms with Crippen LogP contribution in [0, 0.1) is 13.8 Å². The van der Waals surface area contributed by atoms with E-state index in [2.05, 4.69) is 15.4 Å². The molecule has 2 aliphatic rings. The Kier molecular flexibility index (Phi) is 5.07. The molecule has 2 aromatic heterocycles. The van der Waals surface area contributed by atoms with Crippen molar-refractivity contribution >= 4 is 17.2 Å². The average Bonchev–Trinajstić information content (AvgIpc) is 3.22. The van der Waals surface area contributed by atoms with Crippen LogP contribution in [0.4, 0.5) is 0 Å². The summed E-state index contributed by atoms with van der Waals surface area (Å²) in [4.78, 5) is 15.3. The molecule has 4 heterocycles. The van der Waals surface area contributed by atoms with Crippen molar-refractivity contribution in [3.63, 3.8) is 0 Å². The second kappa shape index (κ2) is 7.49. The molecular formula is C18H23N3O5S. The number of hydrogen-bond acceptors (Lipinski definition) is 8. The van der Waals surface area contributed by atoms with Gasteiger partial charge < -0.3 is 24.4 Å². The summed E-state index contributed by atoms with van der Waals surface area (Å²) in [5.41, 5.74) is 1.94. The van der Waals surface area contributed by atoms with E-state index in [0.717, 1.165) is 23.6 Å². The van der Waals surface area contributed by atoms with E-state index in [-0.39, 0.29) is 11.9 Å². The molecule has 146 valence electrons. The van der Waals surface area contributed by atoms with Gasteiger partial charge in [-0.3, -0.25) is 9.69 Å². The molecule has 2 N–H and O–H groups in total. The van der Waals surface area contributed by atoms with Gasteiger partial charge in [-0.1, -0.05) is 5.16 Å². The van der Waals surface area contributed by atoms with Gasteiger partial charge in [0.15, 0.2) is 11.5 Å². The zero-order valence-corrected chi connectivity index (χ0v) is 16.2. The van der Waals surface area contributed by atoms with Crippen LogP contribution in [0.5, 0.6) is 11.5 Å². The van der Waals surface area contributed by atoms with E-state index in [1.807, 2.05) is 13.8 Å². The van der Waals surface area contributed by atoms with Gasteiger partial charge in [-0.25, -0.2) is 0 Å². The summed E-state index contributed by atoms with van der Waals surface area (Å²) in [6.07, 6.45) is 0.0254. The highest BCUT2D eigenvalue weighted by atomic mass is 32.1. The maximum Gasteiger partial charge on any atom is 0.265 e. The van der Waals surface area contributed by atoms with Gasteiger partial charge >= 0.3 is 0 Å². The molecule has 0 aliphatic carbocycles. The lowest BCUT2D eigenvalue weighted by Crippen LogP contribution is -2.53. The summed E-state index contributed by atoms with van der Waals surface area (Å²) in [5.74, 6) is 1.71. The molecule has 9 heteroatoms. The maximum atomic E-state index is 12.6. The second-order valence-electron chi connectivity index (χ2n) is 6.93. The molecule has 1 saturated heterocycles. The van der Waals surface area contributed by atoms with Crippen molar-refractivity contribution in [3.05, 3.63) is 27.3 Å². The van der Waals surface area contributed by atoms with Gasteiger partial charge in [-0.2, -0.15) is 0 Å². The topological polar surface area (TPSA) is 97.1 Å². The van der Waals surface area contributed by atoms with E-state index >= 15 is 0 Å². The number of thiophene rings is 1. The number of carbonyl (C=O) groups is 1. The van der Waals surface area contributed by atoms with Crippen LogP contribution in [0.3, 0.4) is 0 Å². The highest BCUT2D eigenvalue weighted by Gasteiger charge is 2.32. The molecule has 2 aromatic rings. The van der Waals surface area contributed by atoms with E-state index in [9.17, 15) is 9.90 Å². The van der Waals surface area contributed by atoms with Gasteiger partial charge in [0.1, 0.15) is 23.9 Å². The fourth-order valence-corrected chi connectivity index (χ4v) is 4.35. The number of fused-ring (bicyclic) bond motifs is 1. The lowest BCUT2D eigenvalue weighted by Gasteiger charge is -2.36. The number of likely N-dealkylation sites (tertiary alicyclic amines) is 1. The molecule has 0 spiro atoms. The molecule has 2 atom stereocenters. The first kappa shape index (κ1) is 18.3. The summed E-state index contributed by atoms with van der Waals surface area (Å²) in [6, 6.07) is -0.291. The minimum atomic E-state index is -0.642. The number of ether oxygens (including phenoxy) is 2. The van der Waals surface area contributed by atoms with Crippen LogP contribution in [-0.2, 0) is 6.54 Å². The van der Waals surface area contributed by atoms with Crippen molar-refractivity contribution in [3.8, 4) is 11.5 Å². The van der Waals surface area contributed by atoms with Gasteiger partial charge in [0.05, 0.1) is 17.8 Å². The van der Waals surface area contributed by atoms with E-state index in [1.165, 1.54) is 11.3 Å². The number of nitrogens with one attached hydrogen (secondary N) is 1. The molecule has 4 rings (SSSR count). The highest BCUT2D eigenvalue weighted by molar-refractivity contribution is 7.12. The predicted molar refractivity (Wildman–Crippen MR) is 98.4 cm³/mol. The Morgan fingerprint density at radius 3 is 2.96 bits per heavy atom. The molecule has 0 aromatic carbocycles. The van der Waals surface area contributed by atoms with Crippen LogP contribution in [-0.4, -0.2) is 59.5 Å². The molecule has 0 bridgehead atoms. The number of carbonyl (C=O) groups excluding carboxylic acids is 1. The molecule has 0 radical (unpaired) electrons. The van der Waals surface area contributed by atoms with Gasteiger partial charge in [0.25, 0.3) is 5.91 Å². The van der Waals surface area contributed by atoms with Crippen molar-refractivity contribution < 1.29 is 23.9 Å². The zero-order valence-electron chi connectivity index (χ0n) is 15.4. The van der Waals surface area contributed by atoms with Crippen molar-refractivity contribution in [2.24, 2.45) is 0 Å². The molecule has 2 aliphatic heterocycles. The van der Waals surface area contributed by atoms with Crippen LogP contribution in [0.25, 0.3) is 0 Å². The summed E-state index contributed by atoms with van der Waals surface area (Å²) in [7, 11) is 0. The Bertz CT molecular complexity index is 814. The monoisotopic (exact) mass is 393 g/mol. The van der Waals surface area contributed by atoms with Crippen LogP contribution >= 0.6 is 11.3 Å². The summed E-state index contributed by atoms with van der Waals surface area (Å²) >= 11 is 1.30. The standard InChI is InChI=1S/C18H23N3O5S/c1-10-12(11(2)26-20-10)7-21-4-3-13(14(22)8-21)19-18(23)17-16-15(9-27-17)24-5-6-25-16/h9,13-14,22H,3-8H2,1-2H3,(H,19,23)/t13-,14-/m1/s1. The molecule has 0 saturated carbocycles. The number of rotatable bonds is 4. The lowest BCUT2D eigenvalue weighted by atomic mass is 10.0. The van der Waals surface area contributed by atoms with Gasteiger partial charge in [0.2, 0.25) is 0 Å². The fourth-order valence-electron chi connectivity index (χ4n) is 3.51. The predicted octanol–water partition coefficient (Wildman–Crippen LogP) is 1.49. The summed E-state index contributed by atoms with van der Waals surface area (Å²) in [6.45, 7) is 6.68. The van der Waals surface area contributed by atoms with Crippen molar-refractivity contribution in [1.29, 1.82) is 0 Å². The zero-order chi connectivity index (χ0) is 19.0. The van der Waals surface area contributed by atoms with Gasteiger partial charge in [-0.15, -0.1) is 11.3 Å². The SMILES string of the molecule is Cc1noc(C)c1CN1CC[C@@H](NC(=O)c2scc3c2OCCO3)[C@H](O)C1. The Morgan fingerprint density at radius 1 is 1.41 bits per heavy atom.